The van der Waals surface area contributed by atoms with Crippen LogP contribution in [0.1, 0.15) is 19.4 Å². The molecule has 1 aliphatic heterocycles. The maximum absolute atomic E-state index is 12.6. The van der Waals surface area contributed by atoms with Crippen molar-refractivity contribution in [2.45, 2.75) is 26.3 Å². The summed E-state index contributed by atoms with van der Waals surface area (Å²) in [6, 6.07) is 6.01. The van der Waals surface area contributed by atoms with Gasteiger partial charge < -0.3 is 10.6 Å². The summed E-state index contributed by atoms with van der Waals surface area (Å²) in [6.07, 6.45) is 0. The van der Waals surface area contributed by atoms with E-state index >= 15 is 0 Å². The molecular formula is C15H22IN3O. The van der Waals surface area contributed by atoms with Crippen molar-refractivity contribution in [3.8, 4) is 0 Å². The first-order valence-electron chi connectivity index (χ1n) is 6.94. The number of amides is 1. The van der Waals surface area contributed by atoms with Gasteiger partial charge in [0.05, 0.1) is 5.54 Å². The van der Waals surface area contributed by atoms with Crippen LogP contribution in [0.3, 0.4) is 0 Å². The SMILES string of the molecule is Cc1ccc(NC(=O)C(C)(C)N2CCNCC2)cc1I. The van der Waals surface area contributed by atoms with Crippen LogP contribution in [0.2, 0.25) is 0 Å². The predicted octanol–water partition coefficient (Wildman–Crippen LogP) is 2.22. The zero-order valence-electron chi connectivity index (χ0n) is 12.3. The smallest absolute Gasteiger partial charge is 0.244 e. The van der Waals surface area contributed by atoms with Crippen LogP contribution in [0.15, 0.2) is 18.2 Å². The molecule has 0 spiro atoms. The van der Waals surface area contributed by atoms with Crippen molar-refractivity contribution < 1.29 is 4.79 Å². The lowest BCUT2D eigenvalue weighted by Gasteiger charge is -2.39. The molecule has 0 atom stereocenters. The summed E-state index contributed by atoms with van der Waals surface area (Å²) in [5.74, 6) is 0.0547. The van der Waals surface area contributed by atoms with E-state index in [1.54, 1.807) is 0 Å². The Morgan fingerprint density at radius 2 is 2.00 bits per heavy atom. The second kappa shape index (κ2) is 6.41. The van der Waals surface area contributed by atoms with E-state index in [0.717, 1.165) is 31.9 Å². The second-order valence-corrected chi connectivity index (χ2v) is 6.88. The van der Waals surface area contributed by atoms with Crippen molar-refractivity contribution >= 4 is 34.2 Å². The lowest BCUT2D eigenvalue weighted by molar-refractivity contribution is -0.126. The Bertz CT molecular complexity index is 496. The molecular weight excluding hydrogens is 365 g/mol. The number of aryl methyl sites for hydroxylation is 1. The standard InChI is InChI=1S/C15H22IN3O/c1-11-4-5-12(10-13(11)16)18-14(20)15(2,3)19-8-6-17-7-9-19/h4-5,10,17H,6-9H2,1-3H3,(H,18,20). The monoisotopic (exact) mass is 387 g/mol. The topological polar surface area (TPSA) is 44.4 Å². The zero-order chi connectivity index (χ0) is 14.8. The Hall–Kier alpha value is -0.660. The molecule has 0 bridgehead atoms. The van der Waals surface area contributed by atoms with Gasteiger partial charge in [0.1, 0.15) is 0 Å². The Balaban J connectivity index is 2.07. The van der Waals surface area contributed by atoms with Gasteiger partial charge in [-0.25, -0.2) is 0 Å². The fraction of sp³-hybridized carbons (Fsp3) is 0.533. The molecule has 1 fully saturated rings. The van der Waals surface area contributed by atoms with Gasteiger partial charge in [-0.3, -0.25) is 9.69 Å². The molecule has 0 saturated carbocycles. The van der Waals surface area contributed by atoms with E-state index in [1.807, 2.05) is 32.0 Å². The van der Waals surface area contributed by atoms with E-state index in [1.165, 1.54) is 9.13 Å². The zero-order valence-corrected chi connectivity index (χ0v) is 14.5. The first kappa shape index (κ1) is 15.7. The maximum Gasteiger partial charge on any atom is 0.244 e. The highest BCUT2D eigenvalue weighted by Crippen LogP contribution is 2.21. The van der Waals surface area contributed by atoms with E-state index in [2.05, 4.69) is 45.0 Å². The van der Waals surface area contributed by atoms with Crippen molar-refractivity contribution in [1.29, 1.82) is 0 Å². The average Bonchev–Trinajstić information content (AvgIpc) is 2.44. The fourth-order valence-electron chi connectivity index (χ4n) is 2.32. The molecule has 0 radical (unpaired) electrons. The second-order valence-electron chi connectivity index (χ2n) is 5.71. The van der Waals surface area contributed by atoms with E-state index in [0.29, 0.717) is 0 Å². The summed E-state index contributed by atoms with van der Waals surface area (Å²) in [5.41, 5.74) is 1.61. The first-order valence-corrected chi connectivity index (χ1v) is 8.02. The van der Waals surface area contributed by atoms with Gasteiger partial charge in [-0.05, 0) is 61.1 Å². The molecule has 1 aromatic carbocycles. The highest BCUT2D eigenvalue weighted by Gasteiger charge is 2.35. The maximum atomic E-state index is 12.6. The van der Waals surface area contributed by atoms with Gasteiger partial charge in [-0.15, -0.1) is 0 Å². The molecule has 0 aromatic heterocycles. The van der Waals surface area contributed by atoms with Crippen LogP contribution in [0.4, 0.5) is 5.69 Å². The lowest BCUT2D eigenvalue weighted by Crippen LogP contribution is -2.58. The number of nitrogens with one attached hydrogen (secondary N) is 2. The van der Waals surface area contributed by atoms with Gasteiger partial charge in [0.2, 0.25) is 5.91 Å². The molecule has 1 aromatic rings. The van der Waals surface area contributed by atoms with Crippen molar-refractivity contribution in [1.82, 2.24) is 10.2 Å². The number of benzene rings is 1. The summed E-state index contributed by atoms with van der Waals surface area (Å²) < 4.78 is 1.17. The molecule has 2 rings (SSSR count). The lowest BCUT2D eigenvalue weighted by atomic mass is 10.00. The van der Waals surface area contributed by atoms with Crippen molar-refractivity contribution in [2.24, 2.45) is 0 Å². The summed E-state index contributed by atoms with van der Waals surface area (Å²) in [5, 5.41) is 6.36. The van der Waals surface area contributed by atoms with Gasteiger partial charge >= 0.3 is 0 Å². The van der Waals surface area contributed by atoms with Crippen LogP contribution >= 0.6 is 22.6 Å². The van der Waals surface area contributed by atoms with E-state index < -0.39 is 5.54 Å². The summed E-state index contributed by atoms with van der Waals surface area (Å²) >= 11 is 2.29. The minimum atomic E-state index is -0.488. The number of nitrogens with zero attached hydrogens (tertiary/aromatic N) is 1. The Morgan fingerprint density at radius 1 is 1.35 bits per heavy atom. The number of halogens is 1. The molecule has 5 heteroatoms. The van der Waals surface area contributed by atoms with Crippen LogP contribution in [0.5, 0.6) is 0 Å². The molecule has 4 nitrogen and oxygen atoms in total. The number of rotatable bonds is 3. The number of carbonyl (C=O) groups is 1. The summed E-state index contributed by atoms with van der Waals surface area (Å²) in [6.45, 7) is 9.76. The average molecular weight is 387 g/mol. The third kappa shape index (κ3) is 3.51. The van der Waals surface area contributed by atoms with Crippen molar-refractivity contribution in [2.75, 3.05) is 31.5 Å². The van der Waals surface area contributed by atoms with E-state index in [4.69, 9.17) is 0 Å². The van der Waals surface area contributed by atoms with Gasteiger partial charge in [0, 0.05) is 35.4 Å². The number of hydrogen-bond donors (Lipinski definition) is 2. The van der Waals surface area contributed by atoms with E-state index in [9.17, 15) is 4.79 Å². The molecule has 1 saturated heterocycles. The highest BCUT2D eigenvalue weighted by atomic mass is 127. The van der Waals surface area contributed by atoms with Crippen molar-refractivity contribution in [3.63, 3.8) is 0 Å². The molecule has 20 heavy (non-hydrogen) atoms. The Morgan fingerprint density at radius 3 is 2.60 bits per heavy atom. The minimum Gasteiger partial charge on any atom is -0.324 e. The number of carbonyl (C=O) groups excluding carboxylic acids is 1. The third-order valence-electron chi connectivity index (χ3n) is 3.89. The quantitative estimate of drug-likeness (QED) is 0.782. The van der Waals surface area contributed by atoms with Crippen molar-refractivity contribution in [3.05, 3.63) is 27.3 Å². The summed E-state index contributed by atoms with van der Waals surface area (Å²) in [7, 11) is 0. The minimum absolute atomic E-state index is 0.0547. The first-order chi connectivity index (χ1) is 9.41. The molecule has 2 N–H and O–H groups in total. The largest absolute Gasteiger partial charge is 0.324 e. The fourth-order valence-corrected chi connectivity index (χ4v) is 2.84. The predicted molar refractivity (Wildman–Crippen MR) is 91.0 cm³/mol. The van der Waals surface area contributed by atoms with E-state index in [-0.39, 0.29) is 5.91 Å². The highest BCUT2D eigenvalue weighted by molar-refractivity contribution is 14.1. The molecule has 110 valence electrons. The Kier molecular flexibility index (Phi) is 5.04. The van der Waals surface area contributed by atoms with Gasteiger partial charge in [0.25, 0.3) is 0 Å². The van der Waals surface area contributed by atoms with Crippen LogP contribution in [-0.2, 0) is 4.79 Å². The van der Waals surface area contributed by atoms with Crippen LogP contribution < -0.4 is 10.6 Å². The molecule has 1 aliphatic rings. The molecule has 0 aliphatic carbocycles. The molecule has 1 heterocycles. The van der Waals surface area contributed by atoms with Gasteiger partial charge in [0.15, 0.2) is 0 Å². The van der Waals surface area contributed by atoms with Crippen LogP contribution in [0.25, 0.3) is 0 Å². The van der Waals surface area contributed by atoms with Gasteiger partial charge in [-0.2, -0.15) is 0 Å². The van der Waals surface area contributed by atoms with Crippen LogP contribution in [-0.4, -0.2) is 42.5 Å². The Labute approximate surface area is 134 Å². The third-order valence-corrected chi connectivity index (χ3v) is 5.06. The normalized spacial score (nSPS) is 17.0. The molecule has 1 amide bonds. The number of hydrogen-bond acceptors (Lipinski definition) is 3. The van der Waals surface area contributed by atoms with Gasteiger partial charge in [-0.1, -0.05) is 6.07 Å². The summed E-state index contributed by atoms with van der Waals surface area (Å²) in [4.78, 5) is 14.8. The number of piperazine rings is 1. The van der Waals surface area contributed by atoms with Crippen LogP contribution in [0, 0.1) is 10.5 Å². The molecule has 0 unspecified atom stereocenters. The number of anilines is 1.